The summed E-state index contributed by atoms with van der Waals surface area (Å²) in [7, 11) is 0. The van der Waals surface area contributed by atoms with Gasteiger partial charge in [0.05, 0.1) is 6.61 Å². The van der Waals surface area contributed by atoms with Gasteiger partial charge in [0, 0.05) is 30.5 Å². The summed E-state index contributed by atoms with van der Waals surface area (Å²) in [6.45, 7) is 7.07. The summed E-state index contributed by atoms with van der Waals surface area (Å²) in [6, 6.07) is 4.66. The molecule has 0 aromatic carbocycles. The normalized spacial score (nSPS) is 19.4. The molecule has 0 saturated carbocycles. The van der Waals surface area contributed by atoms with Crippen molar-refractivity contribution >= 4 is 0 Å². The first-order chi connectivity index (χ1) is 9.36. The highest BCUT2D eigenvalue weighted by atomic mass is 16.5. The number of aryl methyl sites for hydroxylation is 1. The van der Waals surface area contributed by atoms with Gasteiger partial charge in [0.1, 0.15) is 0 Å². The van der Waals surface area contributed by atoms with E-state index in [1.807, 2.05) is 12.3 Å². The zero-order valence-corrected chi connectivity index (χ0v) is 12.2. The molecule has 3 heteroatoms. The van der Waals surface area contributed by atoms with Crippen molar-refractivity contribution in [3.8, 4) is 0 Å². The van der Waals surface area contributed by atoms with Gasteiger partial charge in [-0.15, -0.1) is 0 Å². The molecular weight excluding hydrogens is 236 g/mol. The van der Waals surface area contributed by atoms with Gasteiger partial charge in [-0.2, -0.15) is 0 Å². The van der Waals surface area contributed by atoms with Gasteiger partial charge in [0.2, 0.25) is 0 Å². The number of rotatable bonds is 8. The van der Waals surface area contributed by atoms with Crippen LogP contribution < -0.4 is 5.32 Å². The Hall–Kier alpha value is -0.930. The van der Waals surface area contributed by atoms with Crippen LogP contribution in [0, 0.1) is 0 Å². The summed E-state index contributed by atoms with van der Waals surface area (Å²) in [5, 5.41) is 3.65. The molecule has 1 N–H and O–H groups in total. The summed E-state index contributed by atoms with van der Waals surface area (Å²) < 4.78 is 5.78. The van der Waals surface area contributed by atoms with Gasteiger partial charge < -0.3 is 10.1 Å². The summed E-state index contributed by atoms with van der Waals surface area (Å²) >= 11 is 0. The molecule has 3 nitrogen and oxygen atoms in total. The zero-order chi connectivity index (χ0) is 13.5. The number of pyridine rings is 1. The van der Waals surface area contributed by atoms with Gasteiger partial charge in [0.15, 0.2) is 0 Å². The second kappa shape index (κ2) is 7.61. The van der Waals surface area contributed by atoms with Crippen molar-refractivity contribution in [3.63, 3.8) is 0 Å². The Morgan fingerprint density at radius 2 is 2.32 bits per heavy atom. The maximum atomic E-state index is 5.78. The van der Waals surface area contributed by atoms with Crippen LogP contribution in [0.4, 0.5) is 0 Å². The number of fused-ring (bicyclic) bond motifs is 1. The predicted molar refractivity (Wildman–Crippen MR) is 78.5 cm³/mol. The van der Waals surface area contributed by atoms with Crippen LogP contribution >= 0.6 is 0 Å². The lowest BCUT2D eigenvalue weighted by Crippen LogP contribution is -2.39. The average Bonchev–Trinajstić information content (AvgIpc) is 2.87. The molecule has 1 heterocycles. The molecule has 0 fully saturated rings. The molecule has 0 spiro atoms. The van der Waals surface area contributed by atoms with E-state index in [0.717, 1.165) is 39.0 Å². The fraction of sp³-hybridized carbons (Fsp3) is 0.688. The van der Waals surface area contributed by atoms with E-state index >= 15 is 0 Å². The lowest BCUT2D eigenvalue weighted by Gasteiger charge is -2.25. The highest BCUT2D eigenvalue weighted by Crippen LogP contribution is 2.33. The molecule has 106 valence electrons. The summed E-state index contributed by atoms with van der Waals surface area (Å²) in [5.74, 6) is 0.514. The third kappa shape index (κ3) is 3.77. The van der Waals surface area contributed by atoms with Crippen molar-refractivity contribution in [1.82, 2.24) is 10.3 Å². The molecule has 2 atom stereocenters. The maximum Gasteiger partial charge on any atom is 0.0626 e. The van der Waals surface area contributed by atoms with Gasteiger partial charge in [-0.05, 0) is 43.9 Å². The minimum atomic E-state index is 0.405. The van der Waals surface area contributed by atoms with Crippen LogP contribution in [-0.2, 0) is 11.2 Å². The van der Waals surface area contributed by atoms with Crippen molar-refractivity contribution in [1.29, 1.82) is 0 Å². The third-order valence-electron chi connectivity index (χ3n) is 3.79. The Morgan fingerprint density at radius 3 is 3.11 bits per heavy atom. The van der Waals surface area contributed by atoms with E-state index < -0.39 is 0 Å². The first-order valence-electron chi connectivity index (χ1n) is 7.61. The molecule has 1 aliphatic rings. The van der Waals surface area contributed by atoms with E-state index in [2.05, 4.69) is 30.2 Å². The van der Waals surface area contributed by atoms with E-state index in [9.17, 15) is 0 Å². The third-order valence-corrected chi connectivity index (χ3v) is 3.79. The highest BCUT2D eigenvalue weighted by Gasteiger charge is 2.30. The lowest BCUT2D eigenvalue weighted by atomic mass is 9.97. The van der Waals surface area contributed by atoms with Crippen LogP contribution in [0.5, 0.6) is 0 Å². The Labute approximate surface area is 116 Å². The van der Waals surface area contributed by atoms with Gasteiger partial charge in [-0.3, -0.25) is 4.98 Å². The van der Waals surface area contributed by atoms with E-state index in [4.69, 9.17) is 4.74 Å². The predicted octanol–water partition coefficient (Wildman–Crippen LogP) is 2.91. The molecule has 1 aromatic rings. The van der Waals surface area contributed by atoms with Crippen molar-refractivity contribution in [2.75, 3.05) is 19.8 Å². The Kier molecular flexibility index (Phi) is 5.80. The van der Waals surface area contributed by atoms with E-state index in [-0.39, 0.29) is 0 Å². The molecule has 1 aliphatic carbocycles. The Bertz CT molecular complexity index is 381. The smallest absolute Gasteiger partial charge is 0.0626 e. The number of aromatic nitrogens is 1. The first kappa shape index (κ1) is 14.5. The van der Waals surface area contributed by atoms with Crippen molar-refractivity contribution in [2.45, 2.75) is 51.5 Å². The van der Waals surface area contributed by atoms with Gasteiger partial charge in [-0.1, -0.05) is 19.9 Å². The van der Waals surface area contributed by atoms with Crippen LogP contribution in [0.1, 0.15) is 50.3 Å². The summed E-state index contributed by atoms with van der Waals surface area (Å²) in [4.78, 5) is 4.60. The quantitative estimate of drug-likeness (QED) is 0.731. The Balaban J connectivity index is 2.01. The molecule has 19 heavy (non-hydrogen) atoms. The van der Waals surface area contributed by atoms with Gasteiger partial charge in [-0.25, -0.2) is 0 Å². The molecule has 0 bridgehead atoms. The minimum absolute atomic E-state index is 0.405. The average molecular weight is 262 g/mol. The molecule has 0 amide bonds. The molecular formula is C16H26N2O. The van der Waals surface area contributed by atoms with Crippen LogP contribution in [0.2, 0.25) is 0 Å². The van der Waals surface area contributed by atoms with Crippen molar-refractivity contribution in [2.24, 2.45) is 0 Å². The van der Waals surface area contributed by atoms with Crippen molar-refractivity contribution in [3.05, 3.63) is 29.6 Å². The number of ether oxygens (including phenoxy) is 1. The van der Waals surface area contributed by atoms with E-state index in [1.54, 1.807) is 0 Å². The zero-order valence-electron chi connectivity index (χ0n) is 12.2. The standard InChI is InChI=1S/C16H26N2O/c1-3-9-17-15(12-19-11-4-2)14-8-7-13-6-5-10-18-16(13)14/h5-6,10,14-15,17H,3-4,7-9,11-12H2,1-2H3. The first-order valence-corrected chi connectivity index (χ1v) is 7.61. The molecule has 0 radical (unpaired) electrons. The van der Waals surface area contributed by atoms with Crippen LogP contribution in [0.15, 0.2) is 18.3 Å². The maximum absolute atomic E-state index is 5.78. The number of nitrogens with zero attached hydrogens (tertiary/aromatic N) is 1. The van der Waals surface area contributed by atoms with Gasteiger partial charge in [0.25, 0.3) is 0 Å². The molecule has 2 unspecified atom stereocenters. The van der Waals surface area contributed by atoms with Crippen molar-refractivity contribution < 1.29 is 4.74 Å². The fourth-order valence-corrected chi connectivity index (χ4v) is 2.84. The highest BCUT2D eigenvalue weighted by molar-refractivity contribution is 5.30. The second-order valence-corrected chi connectivity index (χ2v) is 5.33. The summed E-state index contributed by atoms with van der Waals surface area (Å²) in [6.07, 6.45) is 6.52. The summed E-state index contributed by atoms with van der Waals surface area (Å²) in [5.41, 5.74) is 2.71. The monoisotopic (exact) mass is 262 g/mol. The van der Waals surface area contributed by atoms with Crippen LogP contribution in [0.25, 0.3) is 0 Å². The minimum Gasteiger partial charge on any atom is -0.380 e. The topological polar surface area (TPSA) is 34.1 Å². The van der Waals surface area contributed by atoms with Crippen LogP contribution in [0.3, 0.4) is 0 Å². The van der Waals surface area contributed by atoms with Crippen LogP contribution in [-0.4, -0.2) is 30.8 Å². The number of hydrogen-bond acceptors (Lipinski definition) is 3. The molecule has 1 aromatic heterocycles. The lowest BCUT2D eigenvalue weighted by molar-refractivity contribution is 0.103. The van der Waals surface area contributed by atoms with E-state index in [1.165, 1.54) is 17.7 Å². The molecule has 2 rings (SSSR count). The largest absolute Gasteiger partial charge is 0.380 e. The molecule has 0 aliphatic heterocycles. The number of hydrogen-bond donors (Lipinski definition) is 1. The Morgan fingerprint density at radius 1 is 1.42 bits per heavy atom. The second-order valence-electron chi connectivity index (χ2n) is 5.33. The molecule has 0 saturated heterocycles. The number of nitrogens with one attached hydrogen (secondary N) is 1. The van der Waals surface area contributed by atoms with E-state index in [0.29, 0.717) is 12.0 Å². The SMILES string of the molecule is CCCNC(COCCC)C1CCc2cccnc21. The fourth-order valence-electron chi connectivity index (χ4n) is 2.84. The van der Waals surface area contributed by atoms with Gasteiger partial charge >= 0.3 is 0 Å².